The molecule has 3 aromatic carbocycles. The van der Waals surface area contributed by atoms with Crippen LogP contribution in [0.3, 0.4) is 0 Å². The minimum absolute atomic E-state index is 0.171. The van der Waals surface area contributed by atoms with Gasteiger partial charge in [0.2, 0.25) is 4.21 Å². The molecule has 1 heterocycles. The molecule has 0 spiro atoms. The summed E-state index contributed by atoms with van der Waals surface area (Å²) in [6, 6.07) is 28.3. The van der Waals surface area contributed by atoms with Crippen molar-refractivity contribution in [1.82, 2.24) is 0 Å². The van der Waals surface area contributed by atoms with Gasteiger partial charge in [-0.2, -0.15) is 13.2 Å². The molecule has 1 aromatic heterocycles. The molecule has 0 saturated carbocycles. The second kappa shape index (κ2) is 14.8. The van der Waals surface area contributed by atoms with Crippen molar-refractivity contribution < 1.29 is 35.6 Å². The number of thiophene rings is 1. The number of halogens is 3. The third kappa shape index (κ3) is 9.15. The van der Waals surface area contributed by atoms with Crippen LogP contribution in [0, 0.1) is 0 Å². The number of rotatable bonds is 11. The number of unbranched alkanes of at least 4 members (excludes halogenated alkanes) is 2. The molecular formula is C29H31F3O5S3. The van der Waals surface area contributed by atoms with E-state index in [2.05, 4.69) is 92.7 Å². The van der Waals surface area contributed by atoms with Crippen molar-refractivity contribution in [2.45, 2.75) is 59.0 Å². The van der Waals surface area contributed by atoms with Gasteiger partial charge in [0.1, 0.15) is 22.4 Å². The Balaban J connectivity index is 0.000000482. The molecule has 0 radical (unpaired) electrons. The van der Waals surface area contributed by atoms with E-state index in [1.807, 2.05) is 11.3 Å². The summed E-state index contributed by atoms with van der Waals surface area (Å²) in [5, 5.41) is 1.31. The van der Waals surface area contributed by atoms with E-state index in [4.69, 9.17) is 22.4 Å². The van der Waals surface area contributed by atoms with Crippen LogP contribution in [-0.2, 0) is 21.0 Å². The second-order valence-corrected chi connectivity index (χ2v) is 13.4. The number of ether oxygens (including phenoxy) is 2. The van der Waals surface area contributed by atoms with Crippen LogP contribution in [0.4, 0.5) is 13.2 Å². The average molecular weight is 613 g/mol. The molecule has 0 saturated heterocycles. The fourth-order valence-electron chi connectivity index (χ4n) is 3.44. The maximum atomic E-state index is 10.7. The molecule has 0 atom stereocenters. The van der Waals surface area contributed by atoms with E-state index in [-0.39, 0.29) is 10.9 Å². The Morgan fingerprint density at radius 2 is 1.25 bits per heavy atom. The molecule has 216 valence electrons. The van der Waals surface area contributed by atoms with Crippen molar-refractivity contribution in [3.8, 4) is 11.5 Å². The van der Waals surface area contributed by atoms with Gasteiger partial charge in [0.15, 0.2) is 19.9 Å². The zero-order valence-electron chi connectivity index (χ0n) is 22.1. The fraction of sp³-hybridized carbons (Fsp3) is 0.310. The number of hydrogen-bond acceptors (Lipinski definition) is 6. The first-order valence-corrected chi connectivity index (χ1v) is 16.2. The van der Waals surface area contributed by atoms with Gasteiger partial charge in [0.05, 0.1) is 13.2 Å². The standard InChI is InChI=1S/C28H31O2S2.CHF3O3S/c1-3-5-19-29-23-11-15-25(16-12-23)32(28-21-22-9-7-8-10-27(22)31-28)26-17-13-24(14-18-26)30-20-6-4-2;2-1(3,4)8(5,6)7/h7-18,21H,3-6,19-20H2,1-2H3;(H,5,6,7)/q+1;/p-1. The molecule has 0 bridgehead atoms. The molecule has 4 aromatic rings. The molecule has 0 aliphatic carbocycles. The van der Waals surface area contributed by atoms with Crippen LogP contribution in [0.2, 0.25) is 0 Å². The molecule has 0 amide bonds. The van der Waals surface area contributed by atoms with Crippen molar-refractivity contribution in [3.63, 3.8) is 0 Å². The van der Waals surface area contributed by atoms with E-state index < -0.39 is 15.6 Å². The zero-order valence-corrected chi connectivity index (χ0v) is 24.6. The predicted octanol–water partition coefficient (Wildman–Crippen LogP) is 8.41. The van der Waals surface area contributed by atoms with Gasteiger partial charge >= 0.3 is 5.51 Å². The topological polar surface area (TPSA) is 75.7 Å². The van der Waals surface area contributed by atoms with Crippen LogP contribution in [0.15, 0.2) is 92.9 Å². The lowest BCUT2D eigenvalue weighted by atomic mass is 10.3. The van der Waals surface area contributed by atoms with E-state index >= 15 is 0 Å². The van der Waals surface area contributed by atoms with E-state index in [1.54, 1.807) is 0 Å². The lowest BCUT2D eigenvalue weighted by Gasteiger charge is -2.09. The first-order chi connectivity index (χ1) is 19.0. The summed E-state index contributed by atoms with van der Waals surface area (Å²) in [6.45, 7) is 5.92. The molecule has 11 heteroatoms. The van der Waals surface area contributed by atoms with Crippen LogP contribution in [0.1, 0.15) is 39.5 Å². The zero-order chi connectivity index (χ0) is 29.2. The average Bonchev–Trinajstić information content (AvgIpc) is 3.34. The lowest BCUT2D eigenvalue weighted by Crippen LogP contribution is -2.21. The Bertz CT molecular complexity index is 1350. The van der Waals surface area contributed by atoms with Crippen molar-refractivity contribution in [3.05, 3.63) is 78.9 Å². The highest BCUT2D eigenvalue weighted by molar-refractivity contribution is 7.99. The highest BCUT2D eigenvalue weighted by Gasteiger charge is 2.37. The van der Waals surface area contributed by atoms with E-state index in [0.717, 1.165) is 50.4 Å². The van der Waals surface area contributed by atoms with Crippen LogP contribution < -0.4 is 9.47 Å². The highest BCUT2D eigenvalue weighted by atomic mass is 32.2. The van der Waals surface area contributed by atoms with E-state index in [9.17, 15) is 13.2 Å². The second-order valence-electron chi connectivity index (χ2n) is 8.66. The Hall–Kier alpha value is -2.73. The van der Waals surface area contributed by atoms with Crippen molar-refractivity contribution >= 4 is 42.4 Å². The van der Waals surface area contributed by atoms with Crippen molar-refractivity contribution in [2.24, 2.45) is 0 Å². The quantitative estimate of drug-likeness (QED) is 0.0736. The van der Waals surface area contributed by atoms with Gasteiger partial charge < -0.3 is 14.0 Å². The normalized spacial score (nSPS) is 11.8. The molecule has 0 unspecified atom stereocenters. The summed E-state index contributed by atoms with van der Waals surface area (Å²) >= 11 is 1.89. The molecule has 0 aliphatic heterocycles. The molecular weight excluding hydrogens is 582 g/mol. The first-order valence-electron chi connectivity index (χ1n) is 12.7. The Morgan fingerprint density at radius 1 is 0.800 bits per heavy atom. The van der Waals surface area contributed by atoms with Crippen molar-refractivity contribution in [2.75, 3.05) is 13.2 Å². The van der Waals surface area contributed by atoms with Gasteiger partial charge in [0, 0.05) is 10.8 Å². The summed E-state index contributed by atoms with van der Waals surface area (Å²) in [5.74, 6) is 1.89. The largest absolute Gasteiger partial charge is 0.741 e. The number of benzene rings is 3. The molecule has 0 N–H and O–H groups in total. The minimum atomic E-state index is -6.09. The smallest absolute Gasteiger partial charge is 0.485 e. The maximum Gasteiger partial charge on any atom is 0.485 e. The SMILES string of the molecule is CCCCOc1ccc([S+](c2ccc(OCCCC)cc2)c2cc3ccccc3s2)cc1.O=S(=O)([O-])C(F)(F)F. The summed E-state index contributed by atoms with van der Waals surface area (Å²) in [7, 11) is -6.26. The number of hydrogen-bond donors (Lipinski definition) is 0. The summed E-state index contributed by atoms with van der Waals surface area (Å²) < 4.78 is 73.4. The van der Waals surface area contributed by atoms with E-state index in [0.29, 0.717) is 0 Å². The van der Waals surface area contributed by atoms with Gasteiger partial charge in [-0.25, -0.2) is 8.42 Å². The summed E-state index contributed by atoms with van der Waals surface area (Å²) in [4.78, 5) is 2.61. The molecule has 40 heavy (non-hydrogen) atoms. The van der Waals surface area contributed by atoms with Crippen LogP contribution in [0.5, 0.6) is 11.5 Å². The Labute approximate surface area is 240 Å². The molecule has 0 aliphatic rings. The van der Waals surface area contributed by atoms with Crippen LogP contribution in [0.25, 0.3) is 10.1 Å². The maximum absolute atomic E-state index is 10.7. The Kier molecular flexibility index (Phi) is 11.7. The van der Waals surface area contributed by atoms with Gasteiger partial charge in [-0.15, -0.1) is 0 Å². The molecule has 0 fully saturated rings. The van der Waals surface area contributed by atoms with Gasteiger partial charge in [-0.3, -0.25) is 0 Å². The monoisotopic (exact) mass is 612 g/mol. The number of alkyl halides is 3. The summed E-state index contributed by atoms with van der Waals surface area (Å²) in [5.41, 5.74) is -5.65. The fourth-order valence-corrected chi connectivity index (χ4v) is 7.21. The lowest BCUT2D eigenvalue weighted by molar-refractivity contribution is -0.0517. The number of fused-ring (bicyclic) bond motifs is 1. The van der Waals surface area contributed by atoms with Crippen LogP contribution >= 0.6 is 11.3 Å². The van der Waals surface area contributed by atoms with Crippen LogP contribution in [-0.4, -0.2) is 31.7 Å². The third-order valence-electron chi connectivity index (χ3n) is 5.54. The summed E-state index contributed by atoms with van der Waals surface area (Å²) in [6.07, 6.45) is 4.46. The predicted molar refractivity (Wildman–Crippen MR) is 153 cm³/mol. The van der Waals surface area contributed by atoms with Gasteiger partial charge in [0.25, 0.3) is 0 Å². The highest BCUT2D eigenvalue weighted by Crippen LogP contribution is 2.39. The van der Waals surface area contributed by atoms with Gasteiger partial charge in [-0.05, 0) is 72.8 Å². The first kappa shape index (κ1) is 31.8. The Morgan fingerprint density at radius 3 is 1.65 bits per heavy atom. The molecule has 5 nitrogen and oxygen atoms in total. The van der Waals surface area contributed by atoms with E-state index in [1.165, 1.54) is 24.1 Å². The third-order valence-corrected chi connectivity index (χ3v) is 9.77. The molecule has 4 rings (SSSR count). The van der Waals surface area contributed by atoms with Crippen molar-refractivity contribution in [1.29, 1.82) is 0 Å². The minimum Gasteiger partial charge on any atom is -0.741 e. The van der Waals surface area contributed by atoms with Gasteiger partial charge in [-0.1, -0.05) is 56.2 Å².